The van der Waals surface area contributed by atoms with Crippen LogP contribution in [0, 0.1) is 10.1 Å². The van der Waals surface area contributed by atoms with Crippen LogP contribution in [0.4, 0.5) is 11.4 Å². The summed E-state index contributed by atoms with van der Waals surface area (Å²) < 4.78 is 15.2. The lowest BCUT2D eigenvalue weighted by molar-refractivity contribution is -0.385. The number of ether oxygens (including phenoxy) is 3. The van der Waals surface area contributed by atoms with Gasteiger partial charge >= 0.3 is 11.7 Å². The Bertz CT molecular complexity index is 851. The summed E-state index contributed by atoms with van der Waals surface area (Å²) in [4.78, 5) is 34.0. The van der Waals surface area contributed by atoms with E-state index in [0.717, 1.165) is 0 Å². The maximum absolute atomic E-state index is 12.0. The summed E-state index contributed by atoms with van der Waals surface area (Å²) in [7, 11) is 1.30. The summed E-state index contributed by atoms with van der Waals surface area (Å²) >= 11 is 0. The zero-order valence-electron chi connectivity index (χ0n) is 14.8. The Kier molecular flexibility index (Phi) is 6.70. The van der Waals surface area contributed by atoms with Crippen molar-refractivity contribution in [3.05, 3.63) is 58.1 Å². The predicted octanol–water partition coefficient (Wildman–Crippen LogP) is 2.80. The first-order valence-electron chi connectivity index (χ1n) is 7.97. The lowest BCUT2D eigenvalue weighted by Crippen LogP contribution is -2.20. The molecule has 0 bridgehead atoms. The third-order valence-electron chi connectivity index (χ3n) is 3.38. The molecule has 1 N–H and O–H groups in total. The van der Waals surface area contributed by atoms with Gasteiger partial charge in [-0.2, -0.15) is 0 Å². The van der Waals surface area contributed by atoms with Crippen LogP contribution in [0.2, 0.25) is 0 Å². The number of carbonyl (C=O) groups excluding carboxylic acids is 2. The molecule has 0 saturated carbocycles. The van der Waals surface area contributed by atoms with Gasteiger partial charge in [-0.15, -0.1) is 0 Å². The van der Waals surface area contributed by atoms with Crippen LogP contribution in [0.15, 0.2) is 42.5 Å². The van der Waals surface area contributed by atoms with E-state index in [1.54, 1.807) is 25.1 Å². The van der Waals surface area contributed by atoms with E-state index < -0.39 is 16.8 Å². The van der Waals surface area contributed by atoms with Crippen molar-refractivity contribution < 1.29 is 28.7 Å². The molecule has 0 fully saturated rings. The third-order valence-corrected chi connectivity index (χ3v) is 3.38. The number of nitrogens with zero attached hydrogens (tertiary/aromatic N) is 1. The van der Waals surface area contributed by atoms with E-state index in [1.165, 1.54) is 31.4 Å². The Morgan fingerprint density at radius 1 is 1.19 bits per heavy atom. The molecule has 2 aromatic rings. The largest absolute Gasteiger partial charge is 0.490 e. The van der Waals surface area contributed by atoms with Gasteiger partial charge in [0.05, 0.1) is 24.2 Å². The smallest absolute Gasteiger partial charge is 0.338 e. The first kappa shape index (κ1) is 19.7. The van der Waals surface area contributed by atoms with Crippen LogP contribution in [0.5, 0.6) is 11.5 Å². The highest BCUT2D eigenvalue weighted by Crippen LogP contribution is 2.30. The fourth-order valence-corrected chi connectivity index (χ4v) is 2.18. The van der Waals surface area contributed by atoms with Crippen molar-refractivity contribution in [1.29, 1.82) is 0 Å². The number of hydrogen-bond donors (Lipinski definition) is 1. The Morgan fingerprint density at radius 3 is 2.63 bits per heavy atom. The average molecular weight is 374 g/mol. The standard InChI is InChI=1S/C18H18N2O7/c1-3-26-18(22)12-5-4-6-13(9-12)19-17(21)11-27-14-7-8-15(20(23)24)16(10-14)25-2/h4-10H,3,11H2,1-2H3,(H,19,21). The van der Waals surface area contributed by atoms with Crippen molar-refractivity contribution in [2.45, 2.75) is 6.92 Å². The van der Waals surface area contributed by atoms with Gasteiger partial charge in [0.25, 0.3) is 5.91 Å². The van der Waals surface area contributed by atoms with Crippen molar-refractivity contribution in [2.24, 2.45) is 0 Å². The van der Waals surface area contributed by atoms with E-state index in [-0.39, 0.29) is 30.4 Å². The Labute approximate surface area is 155 Å². The molecule has 9 heteroatoms. The number of nitro groups is 1. The van der Waals surface area contributed by atoms with Crippen LogP contribution in [0.25, 0.3) is 0 Å². The van der Waals surface area contributed by atoms with E-state index in [2.05, 4.69) is 5.32 Å². The lowest BCUT2D eigenvalue weighted by atomic mass is 10.2. The molecule has 0 saturated heterocycles. The van der Waals surface area contributed by atoms with Crippen LogP contribution < -0.4 is 14.8 Å². The number of anilines is 1. The Balaban J connectivity index is 1.98. The SMILES string of the molecule is CCOC(=O)c1cccc(NC(=O)COc2ccc([N+](=O)[O-])c(OC)c2)c1. The summed E-state index contributed by atoms with van der Waals surface area (Å²) in [6, 6.07) is 10.2. The molecular formula is C18H18N2O7. The highest BCUT2D eigenvalue weighted by Gasteiger charge is 2.16. The number of nitro benzene ring substituents is 1. The molecule has 0 radical (unpaired) electrons. The van der Waals surface area contributed by atoms with E-state index in [0.29, 0.717) is 11.3 Å². The van der Waals surface area contributed by atoms with Crippen LogP contribution in [-0.2, 0) is 9.53 Å². The van der Waals surface area contributed by atoms with Crippen LogP contribution >= 0.6 is 0 Å². The molecule has 0 atom stereocenters. The lowest BCUT2D eigenvalue weighted by Gasteiger charge is -2.09. The summed E-state index contributed by atoms with van der Waals surface area (Å²) in [5, 5.41) is 13.5. The number of amides is 1. The molecule has 2 rings (SSSR count). The van der Waals surface area contributed by atoms with E-state index in [1.807, 2.05) is 0 Å². The monoisotopic (exact) mass is 374 g/mol. The molecule has 142 valence electrons. The van der Waals surface area contributed by atoms with Crippen molar-refractivity contribution in [3.8, 4) is 11.5 Å². The summed E-state index contributed by atoms with van der Waals surface area (Å²) in [6.07, 6.45) is 0. The van der Waals surface area contributed by atoms with Gasteiger partial charge in [0.1, 0.15) is 5.75 Å². The fourth-order valence-electron chi connectivity index (χ4n) is 2.18. The topological polar surface area (TPSA) is 117 Å². The van der Waals surface area contributed by atoms with Gasteiger partial charge in [-0.1, -0.05) is 6.07 Å². The van der Waals surface area contributed by atoms with Crippen molar-refractivity contribution in [1.82, 2.24) is 0 Å². The molecule has 2 aromatic carbocycles. The minimum Gasteiger partial charge on any atom is -0.490 e. The maximum Gasteiger partial charge on any atom is 0.338 e. The molecule has 1 amide bonds. The molecule has 0 heterocycles. The van der Waals surface area contributed by atoms with Crippen molar-refractivity contribution in [3.63, 3.8) is 0 Å². The molecule has 0 spiro atoms. The number of benzene rings is 2. The molecule has 0 aliphatic carbocycles. The number of carbonyl (C=O) groups is 2. The van der Waals surface area contributed by atoms with Gasteiger partial charge in [-0.05, 0) is 31.2 Å². The predicted molar refractivity (Wildman–Crippen MR) is 96.2 cm³/mol. The minimum absolute atomic E-state index is 0.0278. The highest BCUT2D eigenvalue weighted by atomic mass is 16.6. The highest BCUT2D eigenvalue weighted by molar-refractivity contribution is 5.95. The van der Waals surface area contributed by atoms with Crippen molar-refractivity contribution in [2.75, 3.05) is 25.6 Å². The fraction of sp³-hybridized carbons (Fsp3) is 0.222. The van der Waals surface area contributed by atoms with Crippen LogP contribution in [0.1, 0.15) is 17.3 Å². The Hall–Kier alpha value is -3.62. The molecule has 9 nitrogen and oxygen atoms in total. The summed E-state index contributed by atoms with van der Waals surface area (Å²) in [5.74, 6) is -0.677. The second kappa shape index (κ2) is 9.18. The van der Waals surface area contributed by atoms with Crippen molar-refractivity contribution >= 4 is 23.3 Å². The number of methoxy groups -OCH3 is 1. The van der Waals surface area contributed by atoms with Crippen LogP contribution in [-0.4, -0.2) is 37.1 Å². The average Bonchev–Trinajstić information content (AvgIpc) is 2.66. The van der Waals surface area contributed by atoms with E-state index in [9.17, 15) is 19.7 Å². The molecule has 0 unspecified atom stereocenters. The summed E-state index contributed by atoms with van der Waals surface area (Å²) in [5.41, 5.74) is 0.524. The second-order valence-corrected chi connectivity index (χ2v) is 5.23. The number of nitrogens with one attached hydrogen (secondary N) is 1. The molecule has 0 aromatic heterocycles. The van der Waals surface area contributed by atoms with Gasteiger partial charge < -0.3 is 19.5 Å². The Morgan fingerprint density at radius 2 is 1.96 bits per heavy atom. The van der Waals surface area contributed by atoms with Gasteiger partial charge in [0.2, 0.25) is 5.75 Å². The van der Waals surface area contributed by atoms with Crippen LogP contribution in [0.3, 0.4) is 0 Å². The van der Waals surface area contributed by atoms with E-state index >= 15 is 0 Å². The molecule has 0 aliphatic rings. The van der Waals surface area contributed by atoms with Gasteiger partial charge in [0, 0.05) is 17.8 Å². The number of hydrogen-bond acceptors (Lipinski definition) is 7. The molecular weight excluding hydrogens is 356 g/mol. The molecule has 0 aliphatic heterocycles. The molecule has 27 heavy (non-hydrogen) atoms. The minimum atomic E-state index is -0.578. The van der Waals surface area contributed by atoms with Gasteiger partial charge in [0.15, 0.2) is 6.61 Å². The van der Waals surface area contributed by atoms with Gasteiger partial charge in [-0.3, -0.25) is 14.9 Å². The first-order valence-corrected chi connectivity index (χ1v) is 7.97. The van der Waals surface area contributed by atoms with E-state index in [4.69, 9.17) is 14.2 Å². The zero-order valence-corrected chi connectivity index (χ0v) is 14.8. The zero-order chi connectivity index (χ0) is 19.8. The maximum atomic E-state index is 12.0. The third kappa shape index (κ3) is 5.43. The number of esters is 1. The first-order chi connectivity index (χ1) is 12.9. The quantitative estimate of drug-likeness (QED) is 0.429. The second-order valence-electron chi connectivity index (χ2n) is 5.23. The normalized spacial score (nSPS) is 10.0. The summed E-state index contributed by atoms with van der Waals surface area (Å²) in [6.45, 7) is 1.63. The number of rotatable bonds is 8. The van der Waals surface area contributed by atoms with Gasteiger partial charge in [-0.25, -0.2) is 4.79 Å².